The Morgan fingerprint density at radius 2 is 1.43 bits per heavy atom. The van der Waals surface area contributed by atoms with E-state index < -0.39 is 11.8 Å². The zero-order valence-electron chi connectivity index (χ0n) is 19.3. The van der Waals surface area contributed by atoms with Crippen molar-refractivity contribution in [2.45, 2.75) is 18.8 Å². The first-order valence-electron chi connectivity index (χ1n) is 11.6. The molecule has 3 aromatic rings. The maximum Gasteiger partial charge on any atom is 0.254 e. The number of hydrogen-bond donors (Lipinski definition) is 0. The number of carbonyl (C=O) groups excluding carboxylic acids is 2. The topological polar surface area (TPSA) is 68.2 Å². The third-order valence-electron chi connectivity index (χ3n) is 7.29. The molecule has 0 unspecified atom stereocenters. The molecule has 1 heterocycles. The normalized spacial score (nSPS) is 23.9. The Bertz CT molecular complexity index is 1290. The van der Waals surface area contributed by atoms with E-state index in [0.29, 0.717) is 28.1 Å². The summed E-state index contributed by atoms with van der Waals surface area (Å²) in [5, 5.41) is 5.46. The first-order chi connectivity index (χ1) is 17.0. The zero-order chi connectivity index (χ0) is 24.3. The van der Waals surface area contributed by atoms with Gasteiger partial charge in [0.2, 0.25) is 0 Å². The molecule has 6 nitrogen and oxygen atoms in total. The fraction of sp³-hybridized carbons (Fsp3) is 0.250. The number of ether oxygens (including phenoxy) is 2. The van der Waals surface area contributed by atoms with Gasteiger partial charge in [-0.3, -0.25) is 9.59 Å². The fourth-order valence-corrected chi connectivity index (χ4v) is 6.57. The summed E-state index contributed by atoms with van der Waals surface area (Å²) in [4.78, 5) is 27.3. The molecule has 2 atom stereocenters. The summed E-state index contributed by atoms with van der Waals surface area (Å²) in [5.74, 6) is -0.535. The monoisotopic (exact) mass is 530 g/mol. The number of nitrogens with zero attached hydrogens (tertiary/aromatic N) is 2. The van der Waals surface area contributed by atoms with Gasteiger partial charge < -0.3 is 9.47 Å². The van der Waals surface area contributed by atoms with E-state index in [0.717, 1.165) is 27.3 Å². The molecule has 2 bridgehead atoms. The fourth-order valence-electron chi connectivity index (χ4n) is 6.00. The predicted octanol–water partition coefficient (Wildman–Crippen LogP) is 5.08. The molecule has 0 saturated carbocycles. The molecule has 0 radical (unpaired) electrons. The van der Waals surface area contributed by atoms with Crippen molar-refractivity contribution in [2.24, 2.45) is 16.9 Å². The minimum Gasteiger partial charge on any atom is -0.493 e. The third kappa shape index (κ3) is 3.18. The van der Waals surface area contributed by atoms with Crippen LogP contribution in [0.25, 0.3) is 0 Å². The van der Waals surface area contributed by atoms with Crippen LogP contribution in [0.4, 0.5) is 0 Å². The summed E-state index contributed by atoms with van der Waals surface area (Å²) >= 11 is 3.51. The third-order valence-corrected chi connectivity index (χ3v) is 7.88. The van der Waals surface area contributed by atoms with Gasteiger partial charge >= 0.3 is 0 Å². The van der Waals surface area contributed by atoms with Crippen molar-refractivity contribution in [3.63, 3.8) is 0 Å². The number of halogens is 1. The lowest BCUT2D eigenvalue weighted by atomic mass is 9.55. The van der Waals surface area contributed by atoms with Crippen molar-refractivity contribution >= 4 is 34.0 Å². The minimum atomic E-state index is -0.448. The van der Waals surface area contributed by atoms with Crippen LogP contribution in [-0.2, 0) is 9.59 Å². The number of methoxy groups -OCH3 is 1. The van der Waals surface area contributed by atoms with Crippen molar-refractivity contribution in [2.75, 3.05) is 13.7 Å². The van der Waals surface area contributed by atoms with Gasteiger partial charge in [0, 0.05) is 11.8 Å². The van der Waals surface area contributed by atoms with Gasteiger partial charge in [-0.05, 0) is 62.8 Å². The van der Waals surface area contributed by atoms with Gasteiger partial charge in [-0.2, -0.15) is 10.1 Å². The van der Waals surface area contributed by atoms with Crippen molar-refractivity contribution in [1.82, 2.24) is 5.01 Å². The molecule has 176 valence electrons. The molecule has 35 heavy (non-hydrogen) atoms. The summed E-state index contributed by atoms with van der Waals surface area (Å²) < 4.78 is 11.8. The average Bonchev–Trinajstić information content (AvgIpc) is 3.14. The van der Waals surface area contributed by atoms with Crippen molar-refractivity contribution in [3.05, 3.63) is 93.0 Å². The van der Waals surface area contributed by atoms with Gasteiger partial charge in [0.25, 0.3) is 11.8 Å². The number of imide groups is 1. The quantitative estimate of drug-likeness (QED) is 0.340. The van der Waals surface area contributed by atoms with Crippen LogP contribution in [0.5, 0.6) is 11.5 Å². The molecular formula is C28H23BrN2O4. The minimum absolute atomic E-state index is 0.145. The van der Waals surface area contributed by atoms with Gasteiger partial charge in [-0.15, -0.1) is 0 Å². The highest BCUT2D eigenvalue weighted by molar-refractivity contribution is 9.10. The largest absolute Gasteiger partial charge is 0.493 e. The zero-order valence-corrected chi connectivity index (χ0v) is 20.9. The van der Waals surface area contributed by atoms with Crippen LogP contribution in [0.3, 0.4) is 0 Å². The van der Waals surface area contributed by atoms with E-state index in [1.54, 1.807) is 13.2 Å². The van der Waals surface area contributed by atoms with Gasteiger partial charge in [-0.25, -0.2) is 0 Å². The standard InChI is InChI=1S/C28H23BrN2O4/c1-3-35-26-20(29)12-15(13-21(26)34-2)14-30-31-27(32)24-22-16-8-4-5-9-17(16)23(25(24)28(31)33)19-11-7-6-10-18(19)22/h4-14,22-25H,3H2,1-2H3/b30-14-/t22?,23?,24-,25+. The van der Waals surface area contributed by atoms with E-state index >= 15 is 0 Å². The van der Waals surface area contributed by atoms with Crippen LogP contribution in [0.15, 0.2) is 70.2 Å². The molecule has 1 aliphatic heterocycles. The number of hydrogen-bond acceptors (Lipinski definition) is 5. The molecule has 3 aromatic carbocycles. The van der Waals surface area contributed by atoms with Gasteiger partial charge in [0.15, 0.2) is 11.5 Å². The SMILES string of the molecule is CCOc1c(Br)cc(/C=N\N2C(=O)[C@@H]3C4c5ccccc5C(c5ccccc54)[C@@H]3C2=O)cc1OC. The molecule has 4 aliphatic rings. The lowest BCUT2D eigenvalue weighted by Crippen LogP contribution is -2.41. The highest BCUT2D eigenvalue weighted by Gasteiger charge is 2.61. The van der Waals surface area contributed by atoms with Gasteiger partial charge in [-0.1, -0.05) is 48.5 Å². The molecule has 0 aromatic heterocycles. The smallest absolute Gasteiger partial charge is 0.254 e. The van der Waals surface area contributed by atoms with Crippen molar-refractivity contribution < 1.29 is 19.1 Å². The number of rotatable bonds is 5. The van der Waals surface area contributed by atoms with Crippen LogP contribution in [0.2, 0.25) is 0 Å². The van der Waals surface area contributed by atoms with E-state index in [2.05, 4.69) is 45.3 Å². The summed E-state index contributed by atoms with van der Waals surface area (Å²) in [6.07, 6.45) is 1.53. The Labute approximate surface area is 211 Å². The van der Waals surface area contributed by atoms with Crippen LogP contribution in [0, 0.1) is 11.8 Å². The Hall–Kier alpha value is -3.45. The van der Waals surface area contributed by atoms with Gasteiger partial charge in [0.1, 0.15) is 0 Å². The van der Waals surface area contributed by atoms with E-state index in [1.165, 1.54) is 6.21 Å². The molecule has 2 amide bonds. The highest BCUT2D eigenvalue weighted by Crippen LogP contribution is 2.60. The number of hydrazone groups is 1. The summed E-state index contributed by atoms with van der Waals surface area (Å²) in [6, 6.07) is 20.0. The second-order valence-electron chi connectivity index (χ2n) is 8.96. The molecule has 7 heteroatoms. The molecule has 3 aliphatic carbocycles. The first kappa shape index (κ1) is 22.0. The molecule has 1 saturated heterocycles. The second-order valence-corrected chi connectivity index (χ2v) is 9.82. The Morgan fingerprint density at radius 3 is 1.89 bits per heavy atom. The van der Waals surface area contributed by atoms with Crippen molar-refractivity contribution in [1.29, 1.82) is 0 Å². The first-order valence-corrected chi connectivity index (χ1v) is 12.4. The molecule has 7 rings (SSSR count). The average molecular weight is 531 g/mol. The number of benzene rings is 3. The lowest BCUT2D eigenvalue weighted by molar-refractivity contribution is -0.139. The van der Waals surface area contributed by atoms with Crippen LogP contribution >= 0.6 is 15.9 Å². The predicted molar refractivity (Wildman–Crippen MR) is 135 cm³/mol. The van der Waals surface area contributed by atoms with E-state index in [9.17, 15) is 9.59 Å². The Morgan fingerprint density at radius 1 is 0.914 bits per heavy atom. The van der Waals surface area contributed by atoms with Crippen molar-refractivity contribution in [3.8, 4) is 11.5 Å². The molecule has 1 fully saturated rings. The summed E-state index contributed by atoms with van der Waals surface area (Å²) in [6.45, 7) is 2.39. The highest BCUT2D eigenvalue weighted by atomic mass is 79.9. The Balaban J connectivity index is 1.38. The molecule has 0 N–H and O–H groups in total. The van der Waals surface area contributed by atoms with Gasteiger partial charge in [0.05, 0.1) is 36.2 Å². The number of amides is 2. The number of carbonyl (C=O) groups is 2. The van der Waals surface area contributed by atoms with E-state index in [4.69, 9.17) is 9.47 Å². The summed E-state index contributed by atoms with van der Waals surface area (Å²) in [7, 11) is 1.56. The molecule has 0 spiro atoms. The van der Waals surface area contributed by atoms with Crippen LogP contribution in [-0.4, -0.2) is 36.8 Å². The van der Waals surface area contributed by atoms with Crippen LogP contribution < -0.4 is 9.47 Å². The Kier molecular flexibility index (Phi) is 5.25. The summed E-state index contributed by atoms with van der Waals surface area (Å²) in [5.41, 5.74) is 5.26. The second kappa shape index (κ2) is 8.34. The van der Waals surface area contributed by atoms with E-state index in [1.807, 2.05) is 37.3 Å². The van der Waals surface area contributed by atoms with E-state index in [-0.39, 0.29) is 23.7 Å². The van der Waals surface area contributed by atoms with Crippen LogP contribution in [0.1, 0.15) is 46.6 Å². The maximum atomic E-state index is 13.6. The lowest BCUT2D eigenvalue weighted by Gasteiger charge is -2.45. The maximum absolute atomic E-state index is 13.6. The molecular weight excluding hydrogens is 508 g/mol.